The van der Waals surface area contributed by atoms with Gasteiger partial charge in [-0.25, -0.2) is 4.79 Å². The number of ether oxygens (including phenoxy) is 1. The van der Waals surface area contributed by atoms with Gasteiger partial charge in [0.25, 0.3) is 0 Å². The molecular formula is C41H49N9O5. The second-order valence-electron chi connectivity index (χ2n) is 14.4. The van der Waals surface area contributed by atoms with Crippen molar-refractivity contribution >= 4 is 40.0 Å². The average Bonchev–Trinajstić information content (AvgIpc) is 3.44. The highest BCUT2D eigenvalue weighted by atomic mass is 16.5. The van der Waals surface area contributed by atoms with Crippen molar-refractivity contribution in [2.24, 2.45) is 7.05 Å². The number of anilines is 3. The lowest BCUT2D eigenvalue weighted by Crippen LogP contribution is -2.46. The molecule has 1 unspecified atom stereocenters. The van der Waals surface area contributed by atoms with Crippen LogP contribution >= 0.6 is 0 Å². The summed E-state index contributed by atoms with van der Waals surface area (Å²) in [5.41, 5.74) is 13.1. The number of carbonyl (C=O) groups is 2. The summed E-state index contributed by atoms with van der Waals surface area (Å²) in [6.45, 7) is 6.33. The minimum Gasteiger partial charge on any atom is -0.507 e. The van der Waals surface area contributed by atoms with Gasteiger partial charge in [-0.15, -0.1) is 10.2 Å². The molecule has 0 radical (unpaired) electrons. The number of aromatic hydroxyl groups is 1. The highest BCUT2D eigenvalue weighted by Crippen LogP contribution is 2.32. The third-order valence-corrected chi connectivity index (χ3v) is 10.6. The minimum atomic E-state index is -0.691. The summed E-state index contributed by atoms with van der Waals surface area (Å²) in [4.78, 5) is 44.3. The number of imidazole rings is 1. The van der Waals surface area contributed by atoms with Crippen molar-refractivity contribution < 1.29 is 19.4 Å². The predicted octanol–water partition coefficient (Wildman–Crippen LogP) is 3.86. The Bertz CT molecular complexity index is 2210. The van der Waals surface area contributed by atoms with Crippen LogP contribution in [0.15, 0.2) is 77.6 Å². The van der Waals surface area contributed by atoms with Gasteiger partial charge in [0.1, 0.15) is 11.8 Å². The first-order valence-corrected chi connectivity index (χ1v) is 19.0. The zero-order valence-electron chi connectivity index (χ0n) is 31.5. The number of piperazine rings is 1. The van der Waals surface area contributed by atoms with Gasteiger partial charge < -0.3 is 30.3 Å². The molecule has 2 aromatic heterocycles. The Balaban J connectivity index is 0.825. The topological polar surface area (TPSA) is 164 Å². The molecule has 7 rings (SSSR count). The number of aryl methyl sites for hydroxylation is 2. The Morgan fingerprint density at radius 2 is 1.67 bits per heavy atom. The van der Waals surface area contributed by atoms with E-state index in [9.17, 15) is 19.5 Å². The first-order chi connectivity index (χ1) is 26.7. The Morgan fingerprint density at radius 1 is 0.927 bits per heavy atom. The molecule has 2 amide bonds. The Hall–Kier alpha value is -5.73. The molecule has 5 aromatic rings. The number of nitrogen functional groups attached to an aromatic ring is 1. The zero-order valence-corrected chi connectivity index (χ0v) is 31.5. The van der Waals surface area contributed by atoms with Gasteiger partial charge in [-0.2, -0.15) is 0 Å². The highest BCUT2D eigenvalue weighted by molar-refractivity contribution is 6.00. The third-order valence-electron chi connectivity index (χ3n) is 10.6. The van der Waals surface area contributed by atoms with Gasteiger partial charge in [0.2, 0.25) is 11.8 Å². The van der Waals surface area contributed by atoms with Crippen LogP contribution in [0, 0.1) is 0 Å². The molecule has 0 spiro atoms. The number of nitrogens with zero attached hydrogens (tertiary/aromatic N) is 7. The molecule has 2 aliphatic rings. The number of benzene rings is 3. The van der Waals surface area contributed by atoms with Crippen molar-refractivity contribution in [2.45, 2.75) is 44.7 Å². The smallest absolute Gasteiger partial charge is 0.329 e. The summed E-state index contributed by atoms with van der Waals surface area (Å²) < 4.78 is 9.12. The maximum absolute atomic E-state index is 13.2. The number of carbonyl (C=O) groups excluding carboxylic acids is 2. The lowest BCUT2D eigenvalue weighted by Gasteiger charge is -2.37. The number of hydrogen-bond acceptors (Lipinski definition) is 11. The number of hydrogen-bond donors (Lipinski definition) is 3. The van der Waals surface area contributed by atoms with E-state index in [1.807, 2.05) is 36.4 Å². The van der Waals surface area contributed by atoms with E-state index < -0.39 is 11.9 Å². The standard InChI is InChI=1S/C41H49N9O5/c1-46(19-7-25-55-24-6-9-29-8-5-11-33-38(29)47(2)41(54)50(33)34-17-18-37(52)43-40(34)53)27-28-13-15-30(16-14-28)48-20-22-49(23-21-48)35-26-32(44-45-39(35)42)31-10-3-4-12-36(31)51/h3-5,8,10-16,26,34,51H,6-7,9,17-25,27H2,1-2H3,(H2,42,45)(H,43,52,53). The summed E-state index contributed by atoms with van der Waals surface area (Å²) in [5, 5.41) is 21.1. The normalized spacial score (nSPS) is 16.3. The lowest BCUT2D eigenvalue weighted by atomic mass is 10.0. The molecule has 0 aliphatic carbocycles. The number of fused-ring (bicyclic) bond motifs is 1. The van der Waals surface area contributed by atoms with Gasteiger partial charge in [-0.3, -0.25) is 24.0 Å². The molecule has 2 fully saturated rings. The Labute approximate surface area is 320 Å². The first kappa shape index (κ1) is 37.6. The van der Waals surface area contributed by atoms with Gasteiger partial charge in [-0.05, 0) is 80.3 Å². The van der Waals surface area contributed by atoms with Crippen LogP contribution in [0.3, 0.4) is 0 Å². The molecule has 0 saturated carbocycles. The molecular weight excluding hydrogens is 699 g/mol. The van der Waals surface area contributed by atoms with Crippen LogP contribution in [-0.4, -0.2) is 94.1 Å². The van der Waals surface area contributed by atoms with Gasteiger partial charge in [0, 0.05) is 77.2 Å². The molecule has 1 atom stereocenters. The second kappa shape index (κ2) is 16.7. The molecule has 4 heterocycles. The quantitative estimate of drug-likeness (QED) is 0.112. The van der Waals surface area contributed by atoms with Crippen LogP contribution in [0.5, 0.6) is 5.75 Å². The zero-order chi connectivity index (χ0) is 38.5. The van der Waals surface area contributed by atoms with Crippen LogP contribution < -0.4 is 26.5 Å². The van der Waals surface area contributed by atoms with E-state index in [1.165, 1.54) is 15.8 Å². The van der Waals surface area contributed by atoms with Crippen molar-refractivity contribution in [1.29, 1.82) is 0 Å². The first-order valence-electron chi connectivity index (χ1n) is 19.0. The van der Waals surface area contributed by atoms with E-state index in [-0.39, 0.29) is 23.8 Å². The SMILES string of the molecule is CN(CCCOCCCc1cccc2c1n(C)c(=O)n2C1CCC(=O)NC1=O)Cc1ccc(N2CCN(c3cc(-c4ccccc4O)nnc3N)CC2)cc1. The van der Waals surface area contributed by atoms with Crippen LogP contribution in [0.2, 0.25) is 0 Å². The van der Waals surface area contributed by atoms with Gasteiger partial charge in [0.15, 0.2) is 5.82 Å². The van der Waals surface area contributed by atoms with E-state index in [0.29, 0.717) is 42.2 Å². The number of nitrogens with two attached hydrogens (primary N) is 1. The molecule has 0 bridgehead atoms. The number of phenols is 1. The van der Waals surface area contributed by atoms with Crippen LogP contribution in [0.1, 0.15) is 42.9 Å². The van der Waals surface area contributed by atoms with Crippen molar-refractivity contribution in [3.63, 3.8) is 0 Å². The second-order valence-corrected chi connectivity index (χ2v) is 14.4. The molecule has 288 valence electrons. The summed E-state index contributed by atoms with van der Waals surface area (Å²) in [6, 6.07) is 22.9. The number of para-hydroxylation sites is 2. The van der Waals surface area contributed by atoms with Crippen molar-refractivity contribution in [2.75, 3.05) is 68.5 Å². The fraction of sp³-hybridized carbons (Fsp3) is 0.390. The maximum atomic E-state index is 13.2. The number of imide groups is 1. The molecule has 3 aromatic carbocycles. The number of amides is 2. The molecule has 2 saturated heterocycles. The molecule has 4 N–H and O–H groups in total. The van der Waals surface area contributed by atoms with Gasteiger partial charge >= 0.3 is 5.69 Å². The van der Waals surface area contributed by atoms with E-state index in [2.05, 4.69) is 61.5 Å². The van der Waals surface area contributed by atoms with Crippen molar-refractivity contribution in [3.8, 4) is 17.0 Å². The molecule has 14 nitrogen and oxygen atoms in total. The third kappa shape index (κ3) is 8.35. The number of piperidine rings is 1. The fourth-order valence-electron chi connectivity index (χ4n) is 7.73. The van der Waals surface area contributed by atoms with Crippen LogP contribution in [-0.2, 0) is 34.3 Å². The number of rotatable bonds is 14. The van der Waals surface area contributed by atoms with Gasteiger partial charge in [0.05, 0.1) is 22.4 Å². The van der Waals surface area contributed by atoms with E-state index >= 15 is 0 Å². The predicted molar refractivity (Wildman–Crippen MR) is 213 cm³/mol. The molecule has 2 aliphatic heterocycles. The largest absolute Gasteiger partial charge is 0.507 e. The molecule has 55 heavy (non-hydrogen) atoms. The van der Waals surface area contributed by atoms with Crippen LogP contribution in [0.4, 0.5) is 17.2 Å². The summed E-state index contributed by atoms with van der Waals surface area (Å²) in [7, 11) is 3.86. The van der Waals surface area contributed by atoms with Gasteiger partial charge in [-0.1, -0.05) is 36.4 Å². The number of aromatic nitrogens is 4. The Kier molecular flexibility index (Phi) is 11.4. The Morgan fingerprint density at radius 3 is 2.44 bits per heavy atom. The average molecular weight is 748 g/mol. The lowest BCUT2D eigenvalue weighted by molar-refractivity contribution is -0.135. The fourth-order valence-corrected chi connectivity index (χ4v) is 7.73. The van der Waals surface area contributed by atoms with E-state index in [1.54, 1.807) is 23.7 Å². The highest BCUT2D eigenvalue weighted by Gasteiger charge is 2.31. The maximum Gasteiger partial charge on any atom is 0.329 e. The van der Waals surface area contributed by atoms with Crippen LogP contribution in [0.25, 0.3) is 22.3 Å². The van der Waals surface area contributed by atoms with Crippen molar-refractivity contribution in [3.05, 3.63) is 94.4 Å². The van der Waals surface area contributed by atoms with E-state index in [4.69, 9.17) is 10.5 Å². The summed E-state index contributed by atoms with van der Waals surface area (Å²) >= 11 is 0. The number of nitrogens with one attached hydrogen (secondary N) is 1. The summed E-state index contributed by atoms with van der Waals surface area (Å²) in [5.74, 6) is -0.182. The summed E-state index contributed by atoms with van der Waals surface area (Å²) in [6.07, 6.45) is 3.01. The van der Waals surface area contributed by atoms with E-state index in [0.717, 1.165) is 75.3 Å². The number of phenolic OH excluding ortho intramolecular Hbond substituents is 1. The van der Waals surface area contributed by atoms with Crippen molar-refractivity contribution in [1.82, 2.24) is 29.5 Å². The minimum absolute atomic E-state index is 0.162. The molecule has 14 heteroatoms. The monoisotopic (exact) mass is 747 g/mol.